The summed E-state index contributed by atoms with van der Waals surface area (Å²) in [6.07, 6.45) is 3.31. The minimum atomic E-state index is -0.191. The van der Waals surface area contributed by atoms with Gasteiger partial charge in [-0.15, -0.1) is 0 Å². The molecule has 1 aromatic heterocycles. The lowest BCUT2D eigenvalue weighted by molar-refractivity contribution is 0.0421. The van der Waals surface area contributed by atoms with Gasteiger partial charge in [0.05, 0.1) is 0 Å². The Hall–Kier alpha value is -1.46. The van der Waals surface area contributed by atoms with Crippen molar-refractivity contribution in [2.24, 2.45) is 5.73 Å². The molecule has 0 aliphatic carbocycles. The van der Waals surface area contributed by atoms with E-state index in [1.807, 2.05) is 13.0 Å². The molecule has 2 heterocycles. The van der Waals surface area contributed by atoms with Crippen LogP contribution in [0.2, 0.25) is 0 Å². The van der Waals surface area contributed by atoms with Gasteiger partial charge in [0.15, 0.2) is 0 Å². The van der Waals surface area contributed by atoms with E-state index in [0.29, 0.717) is 25.5 Å². The molecular weight excluding hydrogens is 230 g/mol. The van der Waals surface area contributed by atoms with Crippen molar-refractivity contribution >= 4 is 5.91 Å². The molecule has 18 heavy (non-hydrogen) atoms. The van der Waals surface area contributed by atoms with E-state index in [1.54, 1.807) is 12.3 Å². The number of carbonyl (C=O) groups excluding carboxylic acids is 1. The largest absolute Gasteiger partial charge is 0.381 e. The number of hydrogen-bond acceptors (Lipinski definition) is 4. The minimum Gasteiger partial charge on any atom is -0.381 e. The lowest BCUT2D eigenvalue weighted by Crippen LogP contribution is -2.49. The number of nitrogens with one attached hydrogen (secondary N) is 1. The average molecular weight is 249 g/mol. The molecule has 0 aromatic carbocycles. The van der Waals surface area contributed by atoms with E-state index in [2.05, 4.69) is 10.3 Å². The molecule has 0 radical (unpaired) electrons. The van der Waals surface area contributed by atoms with Crippen molar-refractivity contribution in [3.8, 4) is 0 Å². The zero-order chi connectivity index (χ0) is 13.0. The van der Waals surface area contributed by atoms with Crippen LogP contribution in [-0.2, 0) is 11.3 Å². The second-order valence-electron chi connectivity index (χ2n) is 4.88. The van der Waals surface area contributed by atoms with Gasteiger partial charge in [0.25, 0.3) is 5.91 Å². The van der Waals surface area contributed by atoms with Crippen molar-refractivity contribution < 1.29 is 9.53 Å². The average Bonchev–Trinajstić information content (AvgIpc) is 2.39. The maximum atomic E-state index is 12.1. The fourth-order valence-corrected chi connectivity index (χ4v) is 1.96. The predicted molar refractivity (Wildman–Crippen MR) is 68.1 cm³/mol. The molecular formula is C13H19N3O2. The molecule has 0 unspecified atom stereocenters. The first kappa shape index (κ1) is 13.0. The van der Waals surface area contributed by atoms with Gasteiger partial charge in [-0.05, 0) is 31.4 Å². The Bertz CT molecular complexity index is 411. The van der Waals surface area contributed by atoms with Gasteiger partial charge in [-0.2, -0.15) is 0 Å². The van der Waals surface area contributed by atoms with Gasteiger partial charge >= 0.3 is 0 Å². The maximum absolute atomic E-state index is 12.1. The molecule has 1 amide bonds. The molecule has 1 aromatic rings. The summed E-state index contributed by atoms with van der Waals surface area (Å²) in [4.78, 5) is 16.2. The summed E-state index contributed by atoms with van der Waals surface area (Å²) in [5.74, 6) is -0.136. The zero-order valence-electron chi connectivity index (χ0n) is 10.6. The van der Waals surface area contributed by atoms with E-state index in [9.17, 15) is 4.79 Å². The standard InChI is InChI=1S/C13H19N3O2/c1-13(4-6-18-7-5-13)16-12(17)11-3-2-10(8-14)9-15-11/h2-3,9H,4-8,14H2,1H3,(H,16,17). The molecule has 0 atom stereocenters. The van der Waals surface area contributed by atoms with Crippen LogP contribution in [0.1, 0.15) is 35.8 Å². The fraction of sp³-hybridized carbons (Fsp3) is 0.538. The van der Waals surface area contributed by atoms with Crippen LogP contribution in [0.3, 0.4) is 0 Å². The first-order chi connectivity index (χ1) is 8.63. The number of pyridine rings is 1. The number of rotatable bonds is 3. The molecule has 1 aliphatic heterocycles. The molecule has 1 aliphatic rings. The number of carbonyl (C=O) groups is 1. The van der Waals surface area contributed by atoms with Gasteiger partial charge in [0.1, 0.15) is 5.69 Å². The third kappa shape index (κ3) is 3.05. The zero-order valence-corrected chi connectivity index (χ0v) is 10.6. The van der Waals surface area contributed by atoms with Crippen molar-refractivity contribution in [1.82, 2.24) is 10.3 Å². The summed E-state index contributed by atoms with van der Waals surface area (Å²) < 4.78 is 5.30. The number of nitrogens with zero attached hydrogens (tertiary/aromatic N) is 1. The molecule has 0 spiro atoms. The van der Waals surface area contributed by atoms with E-state index in [-0.39, 0.29) is 11.4 Å². The number of hydrogen-bond donors (Lipinski definition) is 2. The van der Waals surface area contributed by atoms with Crippen LogP contribution < -0.4 is 11.1 Å². The summed E-state index contributed by atoms with van der Waals surface area (Å²) >= 11 is 0. The summed E-state index contributed by atoms with van der Waals surface area (Å²) in [7, 11) is 0. The number of amides is 1. The van der Waals surface area contributed by atoms with Gasteiger partial charge in [0, 0.05) is 31.5 Å². The first-order valence-electron chi connectivity index (χ1n) is 6.18. The highest BCUT2D eigenvalue weighted by Gasteiger charge is 2.29. The van der Waals surface area contributed by atoms with Gasteiger partial charge in [-0.1, -0.05) is 6.07 Å². The Morgan fingerprint density at radius 1 is 1.50 bits per heavy atom. The van der Waals surface area contributed by atoms with Gasteiger partial charge < -0.3 is 15.8 Å². The third-order valence-corrected chi connectivity index (χ3v) is 3.30. The van der Waals surface area contributed by atoms with Crippen molar-refractivity contribution in [2.75, 3.05) is 13.2 Å². The minimum absolute atomic E-state index is 0.136. The summed E-state index contributed by atoms with van der Waals surface area (Å²) in [5.41, 5.74) is 6.65. The van der Waals surface area contributed by atoms with Crippen molar-refractivity contribution in [2.45, 2.75) is 31.8 Å². The molecule has 5 heteroatoms. The molecule has 1 fully saturated rings. The van der Waals surface area contributed by atoms with E-state index < -0.39 is 0 Å². The highest BCUT2D eigenvalue weighted by atomic mass is 16.5. The number of nitrogens with two attached hydrogens (primary N) is 1. The van der Waals surface area contributed by atoms with Crippen molar-refractivity contribution in [3.05, 3.63) is 29.6 Å². The quantitative estimate of drug-likeness (QED) is 0.832. The van der Waals surface area contributed by atoms with Crippen LogP contribution in [0.4, 0.5) is 0 Å². The maximum Gasteiger partial charge on any atom is 0.270 e. The predicted octanol–water partition coefficient (Wildman–Crippen LogP) is 0.839. The fourth-order valence-electron chi connectivity index (χ4n) is 1.96. The van der Waals surface area contributed by atoms with Gasteiger partial charge in [0.2, 0.25) is 0 Å². The summed E-state index contributed by atoms with van der Waals surface area (Å²) in [5, 5.41) is 3.04. The second kappa shape index (κ2) is 5.46. The normalized spacial score (nSPS) is 18.3. The smallest absolute Gasteiger partial charge is 0.270 e. The van der Waals surface area contributed by atoms with Crippen LogP contribution >= 0.6 is 0 Å². The molecule has 3 N–H and O–H groups in total. The lowest BCUT2D eigenvalue weighted by atomic mass is 9.92. The van der Waals surface area contributed by atoms with Crippen LogP contribution in [0, 0.1) is 0 Å². The molecule has 2 rings (SSSR count). The molecule has 5 nitrogen and oxygen atoms in total. The Morgan fingerprint density at radius 2 is 2.22 bits per heavy atom. The molecule has 1 saturated heterocycles. The van der Waals surface area contributed by atoms with Gasteiger partial charge in [-0.25, -0.2) is 0 Å². The first-order valence-corrected chi connectivity index (χ1v) is 6.18. The van der Waals surface area contributed by atoms with Crippen molar-refractivity contribution in [3.63, 3.8) is 0 Å². The molecule has 0 bridgehead atoms. The van der Waals surface area contributed by atoms with Crippen LogP contribution in [0.15, 0.2) is 18.3 Å². The number of ether oxygens (including phenoxy) is 1. The van der Waals surface area contributed by atoms with E-state index in [4.69, 9.17) is 10.5 Å². The van der Waals surface area contributed by atoms with E-state index >= 15 is 0 Å². The highest BCUT2D eigenvalue weighted by Crippen LogP contribution is 2.20. The Balaban J connectivity index is 2.02. The number of aromatic nitrogens is 1. The Morgan fingerprint density at radius 3 is 2.78 bits per heavy atom. The monoisotopic (exact) mass is 249 g/mol. The molecule has 98 valence electrons. The van der Waals surface area contributed by atoms with Crippen molar-refractivity contribution in [1.29, 1.82) is 0 Å². The summed E-state index contributed by atoms with van der Waals surface area (Å²) in [6, 6.07) is 3.54. The second-order valence-corrected chi connectivity index (χ2v) is 4.88. The third-order valence-electron chi connectivity index (χ3n) is 3.30. The van der Waals surface area contributed by atoms with Crippen LogP contribution in [0.25, 0.3) is 0 Å². The molecule has 0 saturated carbocycles. The van der Waals surface area contributed by atoms with E-state index in [0.717, 1.165) is 18.4 Å². The summed E-state index contributed by atoms with van der Waals surface area (Å²) in [6.45, 7) is 3.86. The van der Waals surface area contributed by atoms with Gasteiger partial charge in [-0.3, -0.25) is 9.78 Å². The van der Waals surface area contributed by atoms with Crippen LogP contribution in [-0.4, -0.2) is 29.6 Å². The van der Waals surface area contributed by atoms with E-state index in [1.165, 1.54) is 0 Å². The Kier molecular flexibility index (Phi) is 3.93. The lowest BCUT2D eigenvalue weighted by Gasteiger charge is -2.34. The Labute approximate surface area is 107 Å². The highest BCUT2D eigenvalue weighted by molar-refractivity contribution is 5.92. The van der Waals surface area contributed by atoms with Crippen LogP contribution in [0.5, 0.6) is 0 Å². The SMILES string of the molecule is CC1(NC(=O)c2ccc(CN)cn2)CCOCC1. The topological polar surface area (TPSA) is 77.2 Å².